The normalized spacial score (nSPS) is 15.3. The number of hydrogen-bond acceptors (Lipinski definition) is 6. The maximum Gasteiger partial charge on any atom is 0.153 e. The van der Waals surface area contributed by atoms with Crippen molar-refractivity contribution in [3.8, 4) is 96.1 Å². The third-order valence-corrected chi connectivity index (χ3v) is 23.2. The molecule has 0 amide bonds. The van der Waals surface area contributed by atoms with Crippen molar-refractivity contribution in [2.45, 2.75) is 46.5 Å². The second-order valence-corrected chi connectivity index (χ2v) is 28.7. The van der Waals surface area contributed by atoms with Crippen molar-refractivity contribution < 1.29 is 14.2 Å². The molecule has 106 heavy (non-hydrogen) atoms. The van der Waals surface area contributed by atoms with Crippen LogP contribution < -0.4 is 14.2 Å². The van der Waals surface area contributed by atoms with Crippen LogP contribution in [-0.4, -0.2) is 28.7 Å². The molecule has 14 aromatic carbocycles. The summed E-state index contributed by atoms with van der Waals surface area (Å²) in [6.07, 6.45) is 21.9. The van der Waals surface area contributed by atoms with Gasteiger partial charge in [0.2, 0.25) is 0 Å². The first-order valence-electron chi connectivity index (χ1n) is 37.1. The Morgan fingerprint density at radius 1 is 0.377 bits per heavy atom. The van der Waals surface area contributed by atoms with Crippen LogP contribution in [0, 0.1) is 5.92 Å². The van der Waals surface area contributed by atoms with E-state index in [4.69, 9.17) is 29.2 Å². The zero-order chi connectivity index (χ0) is 69.7. The lowest BCUT2D eigenvalue weighted by Crippen LogP contribution is -2.22. The van der Waals surface area contributed by atoms with Crippen LogP contribution in [-0.2, 0) is 19.3 Å². The van der Waals surface area contributed by atoms with E-state index in [2.05, 4.69) is 277 Å². The number of para-hydroxylation sites is 3. The van der Waals surface area contributed by atoms with Crippen LogP contribution in [0.2, 0.25) is 0 Å². The molecule has 0 saturated carbocycles. The molecule has 5 aliphatic carbocycles. The van der Waals surface area contributed by atoms with Crippen molar-refractivity contribution in [3.05, 3.63) is 330 Å². The number of allylic oxidation sites excluding steroid dienone is 14. The van der Waals surface area contributed by atoms with E-state index in [-0.39, 0.29) is 0 Å². The van der Waals surface area contributed by atoms with Gasteiger partial charge < -0.3 is 14.2 Å². The average Bonchev–Trinajstić information content (AvgIpc) is 1.20. The molecule has 0 fully saturated rings. The zero-order valence-electron chi connectivity index (χ0n) is 58.4. The number of benzene rings is 14. The molecule has 1 unspecified atom stereocenters. The number of hydrogen-bond donors (Lipinski definition) is 0. The van der Waals surface area contributed by atoms with Crippen molar-refractivity contribution >= 4 is 92.5 Å². The van der Waals surface area contributed by atoms with E-state index in [1.54, 1.807) is 0 Å². The highest BCUT2D eigenvalue weighted by Crippen LogP contribution is 2.55. The summed E-state index contributed by atoms with van der Waals surface area (Å²) in [6.45, 7) is 6.48. The molecular formula is C97H64N6O3. The predicted octanol–water partition coefficient (Wildman–Crippen LogP) is 24.9. The van der Waals surface area contributed by atoms with Gasteiger partial charge in [-0.05, 0) is 217 Å². The van der Waals surface area contributed by atoms with Crippen LogP contribution >= 0.6 is 0 Å². The first kappa shape index (κ1) is 59.2. The van der Waals surface area contributed by atoms with E-state index in [1.807, 2.05) is 36.4 Å². The van der Waals surface area contributed by atoms with E-state index >= 15 is 0 Å². The van der Waals surface area contributed by atoms with E-state index in [9.17, 15) is 0 Å². The first-order chi connectivity index (χ1) is 52.4. The molecule has 0 N–H and O–H groups in total. The quantitative estimate of drug-likeness (QED) is 0.122. The third kappa shape index (κ3) is 8.33. The van der Waals surface area contributed by atoms with Gasteiger partial charge in [-0.25, -0.2) is 15.0 Å². The summed E-state index contributed by atoms with van der Waals surface area (Å²) in [5.74, 6) is 8.73. The summed E-state index contributed by atoms with van der Waals surface area (Å²) in [4.78, 5) is 14.7. The standard InChI is InChI=1S/C35H22N2O.C31H22N2O.C31H20N2O/c1-2-32-36-28-13-6-14-31-35(28)37(32)29-19-21(15-18-30(29)38-31)22-16-17-27-25-10-4-8-20-7-3-9-24(33(20)25)26-12-5-11-23(22)34(26)27;1-2-28-32-24-10-5-11-27-31(24)33(28)25-17-20(14-15-26(25)34-27)23-16-21-8-3-6-18-12-13-19-7-4-9-22(23)30(19)29(18)21;1-2-29-32-25-11-6-12-28-31(25)33(29)26-17-18(13-16-27(26)34-28)19-14-15-24-21-8-4-3-7-20(21)23-10-5-9-22(19)30(23)24/h3-19H,2H2,1H3;3-7,9-17,30H,2,8H2,1H3;3-17H,2H2,1H3. The lowest BCUT2D eigenvalue weighted by atomic mass is 9.66. The van der Waals surface area contributed by atoms with Crippen LogP contribution in [0.4, 0.5) is 0 Å². The van der Waals surface area contributed by atoms with E-state index in [0.29, 0.717) is 5.92 Å². The van der Waals surface area contributed by atoms with Gasteiger partial charge in [0, 0.05) is 25.2 Å². The van der Waals surface area contributed by atoms with Crippen LogP contribution in [0.5, 0.6) is 34.5 Å². The van der Waals surface area contributed by atoms with Crippen molar-refractivity contribution in [1.82, 2.24) is 28.7 Å². The van der Waals surface area contributed by atoms with Gasteiger partial charge in [0.25, 0.3) is 0 Å². The van der Waals surface area contributed by atoms with E-state index < -0.39 is 0 Å². The summed E-state index contributed by atoms with van der Waals surface area (Å²) < 4.78 is 25.9. The molecule has 6 heterocycles. The highest BCUT2D eigenvalue weighted by atomic mass is 16.5. The molecule has 3 aromatic heterocycles. The average molecular weight is 1360 g/mol. The van der Waals surface area contributed by atoms with Crippen LogP contribution in [0.3, 0.4) is 0 Å². The fraction of sp³-hybridized carbons (Fsp3) is 0.0825. The highest BCUT2D eigenvalue weighted by molar-refractivity contribution is 6.34. The Morgan fingerprint density at radius 3 is 1.42 bits per heavy atom. The maximum atomic E-state index is 6.36. The Labute approximate surface area is 610 Å². The zero-order valence-corrected chi connectivity index (χ0v) is 58.4. The molecule has 25 rings (SSSR count). The first-order valence-corrected chi connectivity index (χ1v) is 37.1. The number of nitrogens with zero attached hydrogens (tertiary/aromatic N) is 6. The van der Waals surface area contributed by atoms with Gasteiger partial charge in [-0.15, -0.1) is 0 Å². The molecule has 500 valence electrons. The Morgan fingerprint density at radius 2 is 0.840 bits per heavy atom. The second kappa shape index (κ2) is 22.3. The van der Waals surface area contributed by atoms with Crippen molar-refractivity contribution in [2.75, 3.05) is 0 Å². The minimum absolute atomic E-state index is 0.323. The van der Waals surface area contributed by atoms with Crippen LogP contribution in [0.1, 0.15) is 50.2 Å². The van der Waals surface area contributed by atoms with Crippen LogP contribution in [0.15, 0.2) is 307 Å². The smallest absolute Gasteiger partial charge is 0.153 e. The Balaban J connectivity index is 0.0000000968. The number of aromatic nitrogens is 6. The molecule has 0 bridgehead atoms. The fourth-order valence-corrected chi connectivity index (χ4v) is 18.7. The largest absolute Gasteiger partial charge is 0.453 e. The lowest BCUT2D eigenvalue weighted by molar-refractivity contribution is 0.474. The molecule has 0 radical (unpaired) electrons. The minimum Gasteiger partial charge on any atom is -0.453 e. The van der Waals surface area contributed by atoms with Gasteiger partial charge in [-0.2, -0.15) is 0 Å². The molecule has 8 aliphatic rings. The van der Waals surface area contributed by atoms with E-state index in [0.717, 1.165) is 128 Å². The molecule has 9 nitrogen and oxygen atoms in total. The van der Waals surface area contributed by atoms with Crippen molar-refractivity contribution in [3.63, 3.8) is 0 Å². The van der Waals surface area contributed by atoms with Gasteiger partial charge in [-0.1, -0.05) is 227 Å². The number of imidazole rings is 3. The van der Waals surface area contributed by atoms with Crippen molar-refractivity contribution in [1.29, 1.82) is 0 Å². The Bertz CT molecular complexity index is 7010. The second-order valence-electron chi connectivity index (χ2n) is 28.7. The third-order valence-electron chi connectivity index (χ3n) is 23.2. The van der Waals surface area contributed by atoms with Gasteiger partial charge in [0.15, 0.2) is 34.5 Å². The van der Waals surface area contributed by atoms with Gasteiger partial charge in [0.1, 0.15) is 34.0 Å². The van der Waals surface area contributed by atoms with Gasteiger partial charge in [-0.3, -0.25) is 13.7 Å². The number of fused-ring (bicyclic) bond motifs is 11. The van der Waals surface area contributed by atoms with Crippen LogP contribution in [0.25, 0.3) is 154 Å². The lowest BCUT2D eigenvalue weighted by Gasteiger charge is -2.37. The molecule has 1 atom stereocenters. The summed E-state index contributed by atoms with van der Waals surface area (Å²) in [7, 11) is 0. The number of rotatable bonds is 6. The Kier molecular flexibility index (Phi) is 12.5. The van der Waals surface area contributed by atoms with Crippen molar-refractivity contribution in [2.24, 2.45) is 5.92 Å². The molecule has 0 spiro atoms. The van der Waals surface area contributed by atoms with Gasteiger partial charge in [0.05, 0.1) is 33.6 Å². The summed E-state index contributed by atoms with van der Waals surface area (Å²) in [5.41, 5.74) is 29.0. The molecule has 17 aromatic rings. The minimum atomic E-state index is 0.323. The fourth-order valence-electron chi connectivity index (χ4n) is 18.7. The van der Waals surface area contributed by atoms with Gasteiger partial charge >= 0.3 is 0 Å². The highest BCUT2D eigenvalue weighted by Gasteiger charge is 2.36. The number of ether oxygens (including phenoxy) is 3. The predicted molar refractivity (Wildman–Crippen MR) is 431 cm³/mol. The van der Waals surface area contributed by atoms with E-state index in [1.165, 1.54) is 137 Å². The SMILES string of the molecule is CCc1nc2cccc3c2n1-c1cc(-c2ccc4c5c(cccc25)-c2ccccc2-4)ccc1O3.CCc1nc2cccc3c2n1-c1cc(-c2ccc4c5cccc6cccc(c7cccc2c74)c65)ccc1O3.CCc1nc2cccc3c2n1-c1cc(C2=C4C=CC=C5C=CC6=C(C(=C2)CC=C6)C54)ccc1O3. The summed E-state index contributed by atoms with van der Waals surface area (Å²) >= 11 is 0. The summed E-state index contributed by atoms with van der Waals surface area (Å²) in [6, 6.07) is 82.7. The topological polar surface area (TPSA) is 81.1 Å². The monoisotopic (exact) mass is 1360 g/mol. The molecular weight excluding hydrogens is 1300 g/mol. The maximum absolute atomic E-state index is 6.36. The number of aryl methyl sites for hydroxylation is 3. The molecule has 0 saturated heterocycles. The molecule has 3 aliphatic heterocycles. The Hall–Kier alpha value is -13.4. The summed E-state index contributed by atoms with van der Waals surface area (Å²) in [5, 5.41) is 13.1. The molecule has 9 heteroatoms.